The van der Waals surface area contributed by atoms with Gasteiger partial charge < -0.3 is 15.1 Å². The number of nitrogens with one attached hydrogen (secondary N) is 1. The minimum atomic E-state index is -4.51. The highest BCUT2D eigenvalue weighted by Gasteiger charge is 2.33. The van der Waals surface area contributed by atoms with Gasteiger partial charge in [0.05, 0.1) is 16.0 Å². The number of halogens is 4. The minimum absolute atomic E-state index is 0.0852. The molecule has 0 saturated carbocycles. The number of alkyl halides is 3. The number of aldehydes is 1. The molecule has 0 bridgehead atoms. The predicted molar refractivity (Wildman–Crippen MR) is 174 cm³/mol. The molecule has 6 rings (SSSR count). The average Bonchev–Trinajstić information content (AvgIpc) is 3.09. The predicted octanol–water partition coefficient (Wildman–Crippen LogP) is 5.81. The number of carbonyl (C=O) groups excluding carboxylic acids is 1. The number of hydrogen-bond donors (Lipinski definition) is 1. The van der Waals surface area contributed by atoms with Gasteiger partial charge in [-0.3, -0.25) is 4.79 Å². The first-order chi connectivity index (χ1) is 23.0. The Morgan fingerprint density at radius 1 is 0.875 bits per heavy atom. The third-order valence-electron chi connectivity index (χ3n) is 9.93. The van der Waals surface area contributed by atoms with Crippen LogP contribution in [-0.2, 0) is 16.2 Å². The van der Waals surface area contributed by atoms with Crippen molar-refractivity contribution < 1.29 is 30.8 Å². The Bertz CT molecular complexity index is 1670. The Kier molecular flexibility index (Phi) is 10.3. The van der Waals surface area contributed by atoms with Gasteiger partial charge in [0.1, 0.15) is 5.82 Å². The Labute approximate surface area is 278 Å². The number of rotatable bonds is 9. The first kappa shape index (κ1) is 34.3. The molecule has 4 heterocycles. The van der Waals surface area contributed by atoms with Crippen LogP contribution in [0.5, 0.6) is 0 Å². The standard InChI is InChI=1S/C34H40F4N6O3S/c35-32-18-26(4-5-27(32)23-45)25-8-12-42(13-9-25)22-24-6-14-43(15-7-24)30-2-1-3-31(19-30)48(46,47)44-16-10-29(11-17-44)41-33-39-20-28(21-40-33)34(36,37)38/h1-5,18-21,23-25,29H,6-17,22H2,(H,39,40,41). The summed E-state index contributed by atoms with van der Waals surface area (Å²) in [5, 5.41) is 3.02. The van der Waals surface area contributed by atoms with Crippen molar-refractivity contribution >= 4 is 27.9 Å². The van der Waals surface area contributed by atoms with Crippen molar-refractivity contribution in [2.24, 2.45) is 5.92 Å². The molecule has 3 fully saturated rings. The molecule has 0 spiro atoms. The van der Waals surface area contributed by atoms with E-state index in [4.69, 9.17) is 0 Å². The molecule has 14 heteroatoms. The molecule has 48 heavy (non-hydrogen) atoms. The van der Waals surface area contributed by atoms with E-state index in [1.165, 1.54) is 10.4 Å². The first-order valence-corrected chi connectivity index (χ1v) is 17.9. The maximum Gasteiger partial charge on any atom is 0.419 e. The summed E-state index contributed by atoms with van der Waals surface area (Å²) in [5.74, 6) is 0.483. The van der Waals surface area contributed by atoms with Crippen LogP contribution in [0, 0.1) is 11.7 Å². The summed E-state index contributed by atoms with van der Waals surface area (Å²) >= 11 is 0. The SMILES string of the molecule is O=Cc1ccc(C2CCN(CC3CCN(c4cccc(S(=O)(=O)N5CCC(Nc6ncc(C(F)(F)F)cn6)CC5)c4)CC3)CC2)cc1F. The van der Waals surface area contributed by atoms with Crippen molar-refractivity contribution in [1.82, 2.24) is 19.2 Å². The number of nitrogens with zero attached hydrogens (tertiary/aromatic N) is 5. The highest BCUT2D eigenvalue weighted by molar-refractivity contribution is 7.89. The van der Waals surface area contributed by atoms with Crippen molar-refractivity contribution in [2.75, 3.05) is 56.0 Å². The van der Waals surface area contributed by atoms with Gasteiger partial charge in [0.25, 0.3) is 0 Å². The second kappa shape index (κ2) is 14.5. The van der Waals surface area contributed by atoms with Crippen LogP contribution in [-0.4, -0.2) is 85.7 Å². The molecule has 0 amide bonds. The normalized spacial score (nSPS) is 19.8. The lowest BCUT2D eigenvalue weighted by molar-refractivity contribution is -0.138. The third-order valence-corrected chi connectivity index (χ3v) is 11.8. The number of sulfonamides is 1. The van der Waals surface area contributed by atoms with E-state index in [1.54, 1.807) is 24.3 Å². The number of hydrogen-bond acceptors (Lipinski definition) is 8. The summed E-state index contributed by atoms with van der Waals surface area (Å²) in [6.07, 6.45) is 2.40. The zero-order chi connectivity index (χ0) is 33.9. The van der Waals surface area contributed by atoms with Gasteiger partial charge in [-0.1, -0.05) is 12.1 Å². The van der Waals surface area contributed by atoms with Gasteiger partial charge in [-0.05, 0) is 99.3 Å². The molecule has 3 aliphatic rings. The number of aromatic nitrogens is 2. The lowest BCUT2D eigenvalue weighted by Crippen LogP contribution is -2.42. The molecular formula is C34H40F4N6O3S. The van der Waals surface area contributed by atoms with Crippen LogP contribution < -0.4 is 10.2 Å². The Balaban J connectivity index is 0.963. The van der Waals surface area contributed by atoms with E-state index >= 15 is 0 Å². The smallest absolute Gasteiger partial charge is 0.371 e. The fourth-order valence-corrected chi connectivity index (χ4v) is 8.55. The summed E-state index contributed by atoms with van der Waals surface area (Å²) in [4.78, 5) is 23.5. The lowest BCUT2D eigenvalue weighted by Gasteiger charge is -2.38. The molecule has 3 saturated heterocycles. The fourth-order valence-electron chi connectivity index (χ4n) is 7.04. The Hall–Kier alpha value is -3.62. The average molecular weight is 689 g/mol. The van der Waals surface area contributed by atoms with E-state index in [2.05, 4.69) is 25.1 Å². The Morgan fingerprint density at radius 3 is 2.19 bits per heavy atom. The largest absolute Gasteiger partial charge is 0.419 e. The number of likely N-dealkylation sites (tertiary alicyclic amines) is 1. The highest BCUT2D eigenvalue weighted by Crippen LogP contribution is 2.32. The molecule has 0 unspecified atom stereocenters. The Morgan fingerprint density at radius 2 is 1.56 bits per heavy atom. The van der Waals surface area contributed by atoms with Gasteiger partial charge in [0, 0.05) is 56.8 Å². The van der Waals surface area contributed by atoms with Crippen LogP contribution in [0.15, 0.2) is 59.8 Å². The van der Waals surface area contributed by atoms with Crippen LogP contribution in [0.2, 0.25) is 0 Å². The van der Waals surface area contributed by atoms with E-state index in [0.29, 0.717) is 31.0 Å². The molecule has 1 N–H and O–H groups in total. The summed E-state index contributed by atoms with van der Waals surface area (Å²) < 4.78 is 81.1. The summed E-state index contributed by atoms with van der Waals surface area (Å²) in [6.45, 7) is 5.17. The van der Waals surface area contributed by atoms with Crippen LogP contribution in [0.3, 0.4) is 0 Å². The number of piperidine rings is 3. The lowest BCUT2D eigenvalue weighted by atomic mass is 9.88. The number of anilines is 2. The molecule has 1 aromatic heterocycles. The third kappa shape index (κ3) is 7.98. The van der Waals surface area contributed by atoms with E-state index in [0.717, 1.165) is 82.1 Å². The van der Waals surface area contributed by atoms with Gasteiger partial charge >= 0.3 is 6.18 Å². The van der Waals surface area contributed by atoms with Gasteiger partial charge in [-0.25, -0.2) is 22.8 Å². The van der Waals surface area contributed by atoms with Crippen molar-refractivity contribution in [3.63, 3.8) is 0 Å². The van der Waals surface area contributed by atoms with Crippen molar-refractivity contribution in [1.29, 1.82) is 0 Å². The zero-order valence-corrected chi connectivity index (χ0v) is 27.4. The molecule has 3 aromatic rings. The van der Waals surface area contributed by atoms with E-state index in [1.807, 2.05) is 12.1 Å². The van der Waals surface area contributed by atoms with E-state index < -0.39 is 27.6 Å². The molecule has 0 atom stereocenters. The molecule has 9 nitrogen and oxygen atoms in total. The van der Waals surface area contributed by atoms with Crippen molar-refractivity contribution in [3.05, 3.63) is 77.4 Å². The zero-order valence-electron chi connectivity index (χ0n) is 26.6. The molecule has 0 aliphatic carbocycles. The maximum atomic E-state index is 14.1. The molecular weight excluding hydrogens is 648 g/mol. The molecule has 2 aromatic carbocycles. The van der Waals surface area contributed by atoms with Gasteiger partial charge in [0.15, 0.2) is 6.29 Å². The van der Waals surface area contributed by atoms with E-state index in [9.17, 15) is 30.8 Å². The fraction of sp³-hybridized carbons (Fsp3) is 0.500. The van der Waals surface area contributed by atoms with Crippen molar-refractivity contribution in [2.45, 2.75) is 61.6 Å². The van der Waals surface area contributed by atoms with E-state index in [-0.39, 0.29) is 35.5 Å². The van der Waals surface area contributed by atoms with Crippen LogP contribution in [0.4, 0.5) is 29.2 Å². The number of carbonyl (C=O) groups is 1. The van der Waals surface area contributed by atoms with Crippen molar-refractivity contribution in [3.8, 4) is 0 Å². The molecule has 0 radical (unpaired) electrons. The second-order valence-electron chi connectivity index (χ2n) is 13.0. The summed E-state index contributed by atoms with van der Waals surface area (Å²) in [5.41, 5.74) is 1.02. The highest BCUT2D eigenvalue weighted by atomic mass is 32.2. The molecule has 258 valence electrons. The van der Waals surface area contributed by atoms with Gasteiger partial charge in [-0.2, -0.15) is 17.5 Å². The monoisotopic (exact) mass is 688 g/mol. The summed E-state index contributed by atoms with van der Waals surface area (Å²) in [6, 6.07) is 11.9. The number of benzene rings is 2. The van der Waals surface area contributed by atoms with Crippen LogP contribution in [0.1, 0.15) is 65.9 Å². The van der Waals surface area contributed by atoms with Crippen LogP contribution in [0.25, 0.3) is 0 Å². The van der Waals surface area contributed by atoms with Gasteiger partial charge in [-0.15, -0.1) is 0 Å². The maximum absolute atomic E-state index is 14.1. The van der Waals surface area contributed by atoms with Crippen LogP contribution >= 0.6 is 0 Å². The quantitative estimate of drug-likeness (QED) is 0.222. The first-order valence-electron chi connectivity index (χ1n) is 16.5. The molecule has 3 aliphatic heterocycles. The minimum Gasteiger partial charge on any atom is -0.371 e. The second-order valence-corrected chi connectivity index (χ2v) is 15.0. The summed E-state index contributed by atoms with van der Waals surface area (Å²) in [7, 11) is -3.72. The topological polar surface area (TPSA) is 98.7 Å². The van der Waals surface area contributed by atoms with Gasteiger partial charge in [0.2, 0.25) is 16.0 Å².